The van der Waals surface area contributed by atoms with Gasteiger partial charge in [0.05, 0.1) is 13.2 Å². The number of likely N-dealkylation sites (tertiary alicyclic amines) is 2. The summed E-state index contributed by atoms with van der Waals surface area (Å²) in [4.78, 5) is 31.5. The summed E-state index contributed by atoms with van der Waals surface area (Å²) >= 11 is 0. The van der Waals surface area contributed by atoms with Crippen LogP contribution in [0.2, 0.25) is 0 Å². The van der Waals surface area contributed by atoms with Gasteiger partial charge < -0.3 is 19.3 Å². The molecule has 0 aliphatic carbocycles. The predicted molar refractivity (Wildman–Crippen MR) is 105 cm³/mol. The minimum atomic E-state index is 0.0985. The average Bonchev–Trinajstić information content (AvgIpc) is 2.72. The number of piperidine rings is 4. The lowest BCUT2D eigenvalue weighted by atomic mass is 9.75. The number of methoxy groups -OCH3 is 1. The zero-order valence-corrected chi connectivity index (χ0v) is 17.2. The molecule has 0 spiro atoms. The van der Waals surface area contributed by atoms with Gasteiger partial charge in [0.25, 0.3) is 0 Å². The minimum Gasteiger partial charge on any atom is -0.382 e. The predicted octanol–water partition coefficient (Wildman–Crippen LogP) is 0.973. The third-order valence-electron chi connectivity index (χ3n) is 7.20. The van der Waals surface area contributed by atoms with Crippen molar-refractivity contribution in [3.05, 3.63) is 0 Å². The molecular formula is C21H35N3O4. The zero-order valence-electron chi connectivity index (χ0n) is 17.2. The summed E-state index contributed by atoms with van der Waals surface area (Å²) in [6, 6.07) is 1.06. The van der Waals surface area contributed by atoms with Crippen LogP contribution in [-0.2, 0) is 19.1 Å². The monoisotopic (exact) mass is 393 g/mol. The summed E-state index contributed by atoms with van der Waals surface area (Å²) in [5.74, 6) is 1.76. The van der Waals surface area contributed by atoms with E-state index in [-0.39, 0.29) is 12.5 Å². The van der Waals surface area contributed by atoms with Gasteiger partial charge in [0.15, 0.2) is 0 Å². The van der Waals surface area contributed by atoms with Crippen LogP contribution < -0.4 is 0 Å². The van der Waals surface area contributed by atoms with Crippen LogP contribution in [0.25, 0.3) is 0 Å². The molecule has 28 heavy (non-hydrogen) atoms. The Bertz CT molecular complexity index is 564. The molecule has 4 rings (SSSR count). The van der Waals surface area contributed by atoms with Gasteiger partial charge in [0, 0.05) is 58.3 Å². The lowest BCUT2D eigenvalue weighted by Gasteiger charge is -2.54. The fraction of sp³-hybridized carbons (Fsp3) is 0.905. The van der Waals surface area contributed by atoms with Crippen molar-refractivity contribution in [1.29, 1.82) is 0 Å². The van der Waals surface area contributed by atoms with Crippen LogP contribution in [-0.4, -0.2) is 98.3 Å². The molecule has 0 aromatic rings. The quantitative estimate of drug-likeness (QED) is 0.630. The molecule has 0 radical (unpaired) electrons. The first kappa shape index (κ1) is 20.1. The van der Waals surface area contributed by atoms with Crippen molar-refractivity contribution in [2.75, 3.05) is 59.7 Å². The summed E-state index contributed by atoms with van der Waals surface area (Å²) in [5.41, 5.74) is 0. The van der Waals surface area contributed by atoms with Crippen molar-refractivity contribution >= 4 is 11.8 Å². The minimum absolute atomic E-state index is 0.0985. The SMILES string of the molecule is COCCOCC(=O)N1CCC(N2C[C@H]3C[C@H](C2)[C@H]2CCCC(=O)N2C3)CC1. The van der Waals surface area contributed by atoms with E-state index in [2.05, 4.69) is 9.80 Å². The van der Waals surface area contributed by atoms with E-state index in [4.69, 9.17) is 9.47 Å². The topological polar surface area (TPSA) is 62.3 Å². The van der Waals surface area contributed by atoms with E-state index in [0.717, 1.165) is 58.4 Å². The van der Waals surface area contributed by atoms with Gasteiger partial charge in [-0.05, 0) is 43.9 Å². The van der Waals surface area contributed by atoms with Crippen molar-refractivity contribution in [1.82, 2.24) is 14.7 Å². The Morgan fingerprint density at radius 3 is 2.71 bits per heavy atom. The molecule has 4 fully saturated rings. The molecule has 0 unspecified atom stereocenters. The number of carbonyl (C=O) groups is 2. The molecule has 0 N–H and O–H groups in total. The van der Waals surface area contributed by atoms with Crippen LogP contribution in [0.5, 0.6) is 0 Å². The highest BCUT2D eigenvalue weighted by Gasteiger charge is 2.45. The van der Waals surface area contributed by atoms with Crippen LogP contribution in [0.15, 0.2) is 0 Å². The number of nitrogens with zero attached hydrogens (tertiary/aromatic N) is 3. The Labute approximate surface area is 168 Å². The first-order valence-electron chi connectivity index (χ1n) is 11.0. The molecule has 7 nitrogen and oxygen atoms in total. The van der Waals surface area contributed by atoms with Gasteiger partial charge >= 0.3 is 0 Å². The summed E-state index contributed by atoms with van der Waals surface area (Å²) in [5, 5.41) is 0. The third kappa shape index (κ3) is 4.36. The number of carbonyl (C=O) groups excluding carboxylic acids is 2. The van der Waals surface area contributed by atoms with Crippen molar-refractivity contribution in [2.45, 2.75) is 50.6 Å². The molecule has 7 heteroatoms. The van der Waals surface area contributed by atoms with Crippen LogP contribution in [0.1, 0.15) is 38.5 Å². The second kappa shape index (κ2) is 9.09. The largest absolute Gasteiger partial charge is 0.382 e. The van der Waals surface area contributed by atoms with Gasteiger partial charge in [-0.2, -0.15) is 0 Å². The molecule has 0 aromatic carbocycles. The Morgan fingerprint density at radius 1 is 1.11 bits per heavy atom. The highest BCUT2D eigenvalue weighted by atomic mass is 16.5. The maximum atomic E-state index is 12.3. The number of rotatable bonds is 6. The lowest BCUT2D eigenvalue weighted by molar-refractivity contribution is -0.146. The molecular weight excluding hydrogens is 358 g/mol. The fourth-order valence-corrected chi connectivity index (χ4v) is 5.82. The van der Waals surface area contributed by atoms with E-state index in [1.165, 1.54) is 12.8 Å². The fourth-order valence-electron chi connectivity index (χ4n) is 5.82. The van der Waals surface area contributed by atoms with E-state index in [0.29, 0.717) is 43.0 Å². The highest BCUT2D eigenvalue weighted by molar-refractivity contribution is 5.78. The van der Waals surface area contributed by atoms with E-state index in [1.807, 2.05) is 4.90 Å². The Balaban J connectivity index is 1.25. The van der Waals surface area contributed by atoms with Crippen LogP contribution >= 0.6 is 0 Å². The van der Waals surface area contributed by atoms with E-state index in [9.17, 15) is 9.59 Å². The van der Waals surface area contributed by atoms with Crippen molar-refractivity contribution in [3.63, 3.8) is 0 Å². The van der Waals surface area contributed by atoms with Gasteiger partial charge in [-0.3, -0.25) is 14.5 Å². The molecule has 3 atom stereocenters. The standard InChI is InChI=1S/C21H35N3O4/c1-27-9-10-28-15-21(26)22-7-5-18(6-8-22)23-12-16-11-17(14-23)19-3-2-4-20(25)24(19)13-16/h16-19H,2-15H2,1H3/t16-,17-,19-/m1/s1. The van der Waals surface area contributed by atoms with Gasteiger partial charge in [-0.1, -0.05) is 0 Å². The van der Waals surface area contributed by atoms with E-state index in [1.54, 1.807) is 7.11 Å². The molecule has 158 valence electrons. The van der Waals surface area contributed by atoms with Gasteiger partial charge in [0.2, 0.25) is 11.8 Å². The number of hydrogen-bond donors (Lipinski definition) is 0. The third-order valence-corrected chi connectivity index (χ3v) is 7.20. The van der Waals surface area contributed by atoms with Gasteiger partial charge in [-0.25, -0.2) is 0 Å². The number of hydrogen-bond acceptors (Lipinski definition) is 5. The maximum Gasteiger partial charge on any atom is 0.248 e. The molecule has 4 aliphatic rings. The van der Waals surface area contributed by atoms with E-state index < -0.39 is 0 Å². The average molecular weight is 394 g/mol. The van der Waals surface area contributed by atoms with Crippen molar-refractivity contribution in [3.8, 4) is 0 Å². The molecule has 0 saturated carbocycles. The number of amides is 2. The molecule has 4 saturated heterocycles. The Hall–Kier alpha value is -1.18. The second-order valence-corrected chi connectivity index (χ2v) is 8.98. The zero-order chi connectivity index (χ0) is 19.5. The molecule has 4 heterocycles. The van der Waals surface area contributed by atoms with Crippen molar-refractivity contribution in [2.24, 2.45) is 11.8 Å². The van der Waals surface area contributed by atoms with Crippen molar-refractivity contribution < 1.29 is 19.1 Å². The lowest BCUT2D eigenvalue weighted by Crippen LogP contribution is -2.62. The first-order chi connectivity index (χ1) is 13.7. The summed E-state index contributed by atoms with van der Waals surface area (Å²) in [6.45, 7) is 6.02. The molecule has 2 bridgehead atoms. The maximum absolute atomic E-state index is 12.3. The highest BCUT2D eigenvalue weighted by Crippen LogP contribution is 2.39. The normalized spacial score (nSPS) is 31.8. The smallest absolute Gasteiger partial charge is 0.248 e. The second-order valence-electron chi connectivity index (χ2n) is 8.98. The summed E-state index contributed by atoms with van der Waals surface area (Å²) in [7, 11) is 1.63. The summed E-state index contributed by atoms with van der Waals surface area (Å²) in [6.07, 6.45) is 6.40. The Morgan fingerprint density at radius 2 is 1.93 bits per heavy atom. The van der Waals surface area contributed by atoms with Gasteiger partial charge in [0.1, 0.15) is 6.61 Å². The molecule has 0 aromatic heterocycles. The molecule has 4 aliphatic heterocycles. The van der Waals surface area contributed by atoms with Crippen LogP contribution in [0.3, 0.4) is 0 Å². The number of fused-ring (bicyclic) bond motifs is 4. The first-order valence-corrected chi connectivity index (χ1v) is 11.0. The summed E-state index contributed by atoms with van der Waals surface area (Å²) < 4.78 is 10.3. The number of ether oxygens (including phenoxy) is 2. The van der Waals surface area contributed by atoms with Gasteiger partial charge in [-0.15, -0.1) is 0 Å². The Kier molecular flexibility index (Phi) is 6.53. The van der Waals surface area contributed by atoms with Crippen LogP contribution in [0, 0.1) is 11.8 Å². The van der Waals surface area contributed by atoms with E-state index >= 15 is 0 Å². The molecule has 2 amide bonds. The van der Waals surface area contributed by atoms with Crippen LogP contribution in [0.4, 0.5) is 0 Å².